The number of carboxylic acid groups (broad SMARTS) is 1. The van der Waals surface area contributed by atoms with E-state index < -0.39 is 89.7 Å². The molecule has 1 heterocycles. The number of urea groups is 1. The van der Waals surface area contributed by atoms with E-state index >= 15 is 0 Å². The van der Waals surface area contributed by atoms with Crippen molar-refractivity contribution in [2.75, 3.05) is 11.9 Å². The molecule has 1 saturated heterocycles. The summed E-state index contributed by atoms with van der Waals surface area (Å²) in [4.78, 5) is 101. The highest BCUT2D eigenvalue weighted by molar-refractivity contribution is 6.02. The number of aromatic carboxylic acids is 1. The Hall–Kier alpha value is -5.88. The highest BCUT2D eigenvalue weighted by Crippen LogP contribution is 2.15. The lowest BCUT2D eigenvalue weighted by atomic mass is 9.97. The number of carboxylic acids is 1. The van der Waals surface area contributed by atoms with Crippen molar-refractivity contribution in [2.24, 2.45) is 17.6 Å². The maximum Gasteiger partial charge on any atom is 0.335 e. The molecule has 2 aromatic rings. The fourth-order valence-electron chi connectivity index (χ4n) is 5.47. The molecule has 292 valence electrons. The first-order valence-electron chi connectivity index (χ1n) is 17.4. The molecule has 3 rings (SSSR count). The smallest absolute Gasteiger partial charge is 0.335 e. The average molecular weight is 753 g/mol. The Balaban J connectivity index is 1.72. The number of nitrogens with two attached hydrogens (primary N) is 1. The second-order valence-corrected chi connectivity index (χ2v) is 13.7. The van der Waals surface area contributed by atoms with Gasteiger partial charge in [0.15, 0.2) is 6.10 Å². The van der Waals surface area contributed by atoms with Crippen molar-refractivity contribution in [1.29, 1.82) is 0 Å². The minimum absolute atomic E-state index is 0.0120. The Kier molecular flexibility index (Phi) is 15.6. The average Bonchev–Trinajstić information content (AvgIpc) is 3.11. The van der Waals surface area contributed by atoms with Gasteiger partial charge in [0.1, 0.15) is 24.2 Å². The van der Waals surface area contributed by atoms with E-state index in [1.807, 2.05) is 19.2 Å². The second kappa shape index (κ2) is 19.8. The maximum atomic E-state index is 13.8. The highest BCUT2D eigenvalue weighted by atomic mass is 16.4. The molecule has 0 radical (unpaired) electrons. The van der Waals surface area contributed by atoms with E-state index in [1.165, 1.54) is 24.3 Å². The molecule has 0 bridgehead atoms. The summed E-state index contributed by atoms with van der Waals surface area (Å²) in [6, 6.07) is 7.31. The third-order valence-corrected chi connectivity index (χ3v) is 8.34. The van der Waals surface area contributed by atoms with Gasteiger partial charge < -0.3 is 47.8 Å². The van der Waals surface area contributed by atoms with Crippen molar-refractivity contribution in [3.05, 3.63) is 65.7 Å². The molecule has 6 atom stereocenters. The SMILES string of the molecule is CC(C)C[C@H](NC(=O)[C@@H](NC(=O)[C@@H](N)CNC(=O)[C@@H]1CC(=O)NC(=O)N1)C(C)C)C(=O)N[C@@H](Cc1ccccc1)[C@@H](O)C(=O)Nc1cccc(C(=O)O)c1. The molecule has 0 unspecified atom stereocenters. The lowest BCUT2D eigenvalue weighted by molar-refractivity contribution is -0.134. The zero-order valence-electron chi connectivity index (χ0n) is 30.4. The van der Waals surface area contributed by atoms with Crippen LogP contribution in [-0.4, -0.2) is 101 Å². The molecule has 0 aromatic heterocycles. The Morgan fingerprint density at radius 3 is 2.17 bits per heavy atom. The summed E-state index contributed by atoms with van der Waals surface area (Å²) >= 11 is 0. The van der Waals surface area contributed by atoms with E-state index in [0.29, 0.717) is 5.56 Å². The number of anilines is 1. The van der Waals surface area contributed by atoms with Gasteiger partial charge in [-0.1, -0.05) is 64.1 Å². The molecule has 0 saturated carbocycles. The number of hydrogen-bond donors (Lipinski definition) is 10. The van der Waals surface area contributed by atoms with E-state index in [1.54, 1.807) is 44.2 Å². The molecule has 8 amide bonds. The number of benzene rings is 2. The molecule has 18 heteroatoms. The number of nitrogens with one attached hydrogen (secondary N) is 7. The van der Waals surface area contributed by atoms with Crippen LogP contribution >= 0.6 is 0 Å². The molecule has 54 heavy (non-hydrogen) atoms. The molecular formula is C36H48N8O10. The van der Waals surface area contributed by atoms with E-state index in [-0.39, 0.29) is 43.0 Å². The van der Waals surface area contributed by atoms with Gasteiger partial charge >= 0.3 is 12.0 Å². The van der Waals surface area contributed by atoms with E-state index in [4.69, 9.17) is 5.73 Å². The molecule has 2 aromatic carbocycles. The van der Waals surface area contributed by atoms with Gasteiger partial charge in [-0.25, -0.2) is 9.59 Å². The number of amides is 8. The van der Waals surface area contributed by atoms with Crippen LogP contribution in [0.5, 0.6) is 0 Å². The molecule has 0 aliphatic carbocycles. The first-order chi connectivity index (χ1) is 25.4. The second-order valence-electron chi connectivity index (χ2n) is 13.7. The first kappa shape index (κ1) is 42.5. The Labute approximate surface area is 311 Å². The van der Waals surface area contributed by atoms with Crippen LogP contribution in [0.4, 0.5) is 10.5 Å². The van der Waals surface area contributed by atoms with Gasteiger partial charge in [0.25, 0.3) is 5.91 Å². The normalized spacial score (nSPS) is 16.8. The standard InChI is InChI=1S/C36H48N8O10/c1-18(2)13-25(41-33(50)28(19(3)4)44-30(47)23(37)17-38-31(48)26-16-27(45)43-36(54)42-26)32(49)40-24(14-20-9-6-5-7-10-20)29(46)34(51)39-22-12-8-11-21(15-22)35(52)53/h5-12,15,18-19,23-26,28-29,46H,13-14,16-17,37H2,1-4H3,(H,38,48)(H,39,51)(H,40,49)(H,41,50)(H,44,47)(H,52,53)(H2,42,43,45,54)/t23-,24-,25-,26-,28-,29+/m0/s1. The molecule has 11 N–H and O–H groups in total. The van der Waals surface area contributed by atoms with Crippen molar-refractivity contribution < 1.29 is 48.6 Å². The predicted octanol–water partition coefficient (Wildman–Crippen LogP) is -0.875. The first-order valence-corrected chi connectivity index (χ1v) is 17.4. The fraction of sp³-hybridized carbons (Fsp3) is 0.444. The van der Waals surface area contributed by atoms with Gasteiger partial charge in [-0.05, 0) is 48.4 Å². The van der Waals surface area contributed by atoms with Crippen LogP contribution in [0.1, 0.15) is 56.5 Å². The number of rotatable bonds is 18. The van der Waals surface area contributed by atoms with Crippen LogP contribution in [0, 0.1) is 11.8 Å². The number of carbonyl (C=O) groups excluding carboxylic acids is 7. The summed E-state index contributed by atoms with van der Waals surface area (Å²) in [6.07, 6.45) is -1.96. The van der Waals surface area contributed by atoms with Crippen molar-refractivity contribution in [2.45, 2.75) is 83.3 Å². The largest absolute Gasteiger partial charge is 0.478 e. The Bertz CT molecular complexity index is 1690. The Morgan fingerprint density at radius 1 is 0.870 bits per heavy atom. The highest BCUT2D eigenvalue weighted by Gasteiger charge is 2.35. The zero-order chi connectivity index (χ0) is 40.1. The van der Waals surface area contributed by atoms with Crippen molar-refractivity contribution in [3.63, 3.8) is 0 Å². The number of aliphatic hydroxyl groups excluding tert-OH is 1. The summed E-state index contributed by atoms with van der Waals surface area (Å²) in [6.45, 7) is 6.57. The van der Waals surface area contributed by atoms with Crippen LogP contribution in [0.25, 0.3) is 0 Å². The van der Waals surface area contributed by atoms with E-state index in [9.17, 15) is 48.6 Å². The van der Waals surface area contributed by atoms with Crippen LogP contribution in [0.15, 0.2) is 54.6 Å². The number of imide groups is 1. The third kappa shape index (κ3) is 13.0. The van der Waals surface area contributed by atoms with Crippen molar-refractivity contribution >= 4 is 53.1 Å². The summed E-state index contributed by atoms with van der Waals surface area (Å²) < 4.78 is 0. The van der Waals surface area contributed by atoms with Crippen LogP contribution in [0.2, 0.25) is 0 Å². The van der Waals surface area contributed by atoms with Gasteiger partial charge in [0.2, 0.25) is 29.5 Å². The topological polar surface area (TPSA) is 287 Å². The third-order valence-electron chi connectivity index (χ3n) is 8.34. The van der Waals surface area contributed by atoms with Gasteiger partial charge in [0.05, 0.1) is 18.0 Å². The van der Waals surface area contributed by atoms with Gasteiger partial charge in [-0.3, -0.25) is 34.1 Å². The predicted molar refractivity (Wildman–Crippen MR) is 194 cm³/mol. The van der Waals surface area contributed by atoms with E-state index in [0.717, 1.165) is 0 Å². The molecular weight excluding hydrogens is 704 g/mol. The minimum atomic E-state index is -1.81. The van der Waals surface area contributed by atoms with Gasteiger partial charge in [0, 0.05) is 12.2 Å². The summed E-state index contributed by atoms with van der Waals surface area (Å²) in [5, 5.41) is 37.6. The Morgan fingerprint density at radius 2 is 1.56 bits per heavy atom. The molecule has 1 aliphatic heterocycles. The molecule has 18 nitrogen and oxygen atoms in total. The summed E-state index contributed by atoms with van der Waals surface area (Å²) in [5.74, 6) is -6.35. The molecule has 1 aliphatic rings. The van der Waals surface area contributed by atoms with Crippen LogP contribution in [0.3, 0.4) is 0 Å². The van der Waals surface area contributed by atoms with Crippen molar-refractivity contribution in [1.82, 2.24) is 31.9 Å². The number of carbonyl (C=O) groups is 8. The fourth-order valence-corrected chi connectivity index (χ4v) is 5.47. The lowest BCUT2D eigenvalue weighted by Gasteiger charge is -2.29. The molecule has 0 spiro atoms. The zero-order valence-corrected chi connectivity index (χ0v) is 30.4. The number of hydrogen-bond acceptors (Lipinski definition) is 10. The van der Waals surface area contributed by atoms with Crippen molar-refractivity contribution in [3.8, 4) is 0 Å². The summed E-state index contributed by atoms with van der Waals surface area (Å²) in [7, 11) is 0. The minimum Gasteiger partial charge on any atom is -0.478 e. The van der Waals surface area contributed by atoms with Gasteiger partial charge in [-0.2, -0.15) is 0 Å². The lowest BCUT2D eigenvalue weighted by Crippen LogP contribution is -2.61. The van der Waals surface area contributed by atoms with Gasteiger partial charge in [-0.15, -0.1) is 0 Å². The van der Waals surface area contributed by atoms with Crippen LogP contribution < -0.4 is 43.0 Å². The number of aliphatic hydroxyl groups is 1. The summed E-state index contributed by atoms with van der Waals surface area (Å²) in [5.41, 5.74) is 6.69. The molecule has 1 fully saturated rings. The monoisotopic (exact) mass is 752 g/mol. The quantitative estimate of drug-likeness (QED) is 0.0893. The van der Waals surface area contributed by atoms with E-state index in [2.05, 4.69) is 31.9 Å². The van der Waals surface area contributed by atoms with Crippen LogP contribution in [-0.2, 0) is 35.2 Å². The maximum absolute atomic E-state index is 13.8.